The van der Waals surface area contributed by atoms with Crippen LogP contribution in [0.5, 0.6) is 0 Å². The molecule has 16 heavy (non-hydrogen) atoms. The minimum atomic E-state index is 0.117. The Balaban J connectivity index is 2.28. The minimum absolute atomic E-state index is 0.117. The molecule has 1 fully saturated rings. The Bertz CT molecular complexity index is 429. The summed E-state index contributed by atoms with van der Waals surface area (Å²) in [6.07, 6.45) is 2.13. The van der Waals surface area contributed by atoms with E-state index >= 15 is 0 Å². The summed E-state index contributed by atoms with van der Waals surface area (Å²) >= 11 is 12.2. The standard InChI is InChI=1S/C10H10ClIN2OS/c11-7-2-8(12)10(13-3-7)14-4-6(5-16)1-9(14)15/h2-3,6,16H,1,4-5H2. The molecule has 1 saturated heterocycles. The Hall–Kier alpha value is -0.0100. The van der Waals surface area contributed by atoms with Crippen molar-refractivity contribution in [1.82, 2.24) is 4.98 Å². The van der Waals surface area contributed by atoms with Gasteiger partial charge in [0.1, 0.15) is 5.82 Å². The lowest BCUT2D eigenvalue weighted by atomic mass is 10.1. The van der Waals surface area contributed by atoms with Crippen LogP contribution in [0.4, 0.5) is 5.82 Å². The molecule has 1 unspecified atom stereocenters. The summed E-state index contributed by atoms with van der Waals surface area (Å²) in [6, 6.07) is 1.81. The molecule has 2 heterocycles. The van der Waals surface area contributed by atoms with Crippen LogP contribution in [0.15, 0.2) is 12.3 Å². The molecule has 0 aliphatic carbocycles. The molecule has 6 heteroatoms. The molecule has 0 saturated carbocycles. The third kappa shape index (κ3) is 2.46. The topological polar surface area (TPSA) is 33.2 Å². The minimum Gasteiger partial charge on any atom is -0.296 e. The largest absolute Gasteiger partial charge is 0.296 e. The van der Waals surface area contributed by atoms with Gasteiger partial charge in [-0.15, -0.1) is 0 Å². The Morgan fingerprint density at radius 3 is 3.00 bits per heavy atom. The van der Waals surface area contributed by atoms with Crippen molar-refractivity contribution in [2.24, 2.45) is 5.92 Å². The third-order valence-corrected chi connectivity index (χ3v) is 4.02. The fourth-order valence-electron chi connectivity index (χ4n) is 1.71. The maximum atomic E-state index is 11.8. The highest BCUT2D eigenvalue weighted by Gasteiger charge is 2.31. The second kappa shape index (κ2) is 5.10. The second-order valence-electron chi connectivity index (χ2n) is 3.72. The number of hydrogen-bond donors (Lipinski definition) is 1. The molecule has 0 radical (unpaired) electrons. The van der Waals surface area contributed by atoms with Crippen LogP contribution in [0, 0.1) is 9.49 Å². The molecule has 0 bridgehead atoms. The smallest absolute Gasteiger partial charge is 0.228 e. The number of halogens is 2. The molecule has 1 aliphatic heterocycles. The maximum Gasteiger partial charge on any atom is 0.228 e. The van der Waals surface area contributed by atoms with Crippen LogP contribution in [0.2, 0.25) is 5.02 Å². The van der Waals surface area contributed by atoms with E-state index in [9.17, 15) is 4.79 Å². The SMILES string of the molecule is O=C1CC(CS)CN1c1ncc(Cl)cc1I. The molecule has 2 rings (SSSR count). The van der Waals surface area contributed by atoms with Crippen LogP contribution in [0.3, 0.4) is 0 Å². The van der Waals surface area contributed by atoms with E-state index in [1.165, 1.54) is 0 Å². The molecule has 1 aromatic rings. The molecule has 1 aromatic heterocycles. The van der Waals surface area contributed by atoms with E-state index in [-0.39, 0.29) is 5.91 Å². The first-order chi connectivity index (χ1) is 7.61. The van der Waals surface area contributed by atoms with Crippen molar-refractivity contribution in [3.05, 3.63) is 20.9 Å². The van der Waals surface area contributed by atoms with Gasteiger partial charge in [-0.05, 0) is 40.3 Å². The van der Waals surface area contributed by atoms with Gasteiger partial charge in [-0.3, -0.25) is 9.69 Å². The summed E-state index contributed by atoms with van der Waals surface area (Å²) in [6.45, 7) is 0.701. The van der Waals surface area contributed by atoms with Gasteiger partial charge in [0.2, 0.25) is 5.91 Å². The van der Waals surface area contributed by atoms with Gasteiger partial charge in [0.25, 0.3) is 0 Å². The van der Waals surface area contributed by atoms with Crippen molar-refractivity contribution in [3.8, 4) is 0 Å². The first kappa shape index (κ1) is 12.4. The zero-order chi connectivity index (χ0) is 11.7. The summed E-state index contributed by atoms with van der Waals surface area (Å²) in [5, 5.41) is 0.588. The molecular formula is C10H10ClIN2OS. The molecular weight excluding hydrogens is 359 g/mol. The summed E-state index contributed by atoms with van der Waals surface area (Å²) in [7, 11) is 0. The Kier molecular flexibility index (Phi) is 3.97. The van der Waals surface area contributed by atoms with Gasteiger partial charge in [0.05, 0.1) is 8.59 Å². The molecule has 3 nitrogen and oxygen atoms in total. The van der Waals surface area contributed by atoms with Crippen LogP contribution in [-0.4, -0.2) is 23.2 Å². The monoisotopic (exact) mass is 368 g/mol. The predicted molar refractivity (Wildman–Crippen MR) is 76.3 cm³/mol. The summed E-state index contributed by atoms with van der Waals surface area (Å²) < 4.78 is 0.901. The van der Waals surface area contributed by atoms with E-state index in [4.69, 9.17) is 11.6 Å². The lowest BCUT2D eigenvalue weighted by molar-refractivity contribution is -0.117. The first-order valence-electron chi connectivity index (χ1n) is 4.84. The molecule has 86 valence electrons. The van der Waals surface area contributed by atoms with E-state index in [0.29, 0.717) is 29.7 Å². The van der Waals surface area contributed by atoms with Crippen LogP contribution in [-0.2, 0) is 4.79 Å². The van der Waals surface area contributed by atoms with Gasteiger partial charge in [-0.25, -0.2) is 4.98 Å². The van der Waals surface area contributed by atoms with E-state index in [2.05, 4.69) is 40.2 Å². The van der Waals surface area contributed by atoms with E-state index in [1.807, 2.05) is 6.07 Å². The predicted octanol–water partition coefficient (Wildman–Crippen LogP) is 2.62. The number of amides is 1. The number of carbonyl (C=O) groups excluding carboxylic acids is 1. The van der Waals surface area contributed by atoms with Crippen LogP contribution in [0.1, 0.15) is 6.42 Å². The number of thiol groups is 1. The van der Waals surface area contributed by atoms with Gasteiger partial charge >= 0.3 is 0 Å². The Morgan fingerprint density at radius 1 is 1.69 bits per heavy atom. The molecule has 0 N–H and O–H groups in total. The van der Waals surface area contributed by atoms with Gasteiger partial charge < -0.3 is 0 Å². The maximum absolute atomic E-state index is 11.8. The normalized spacial score (nSPS) is 20.6. The third-order valence-electron chi connectivity index (χ3n) is 2.51. The zero-order valence-electron chi connectivity index (χ0n) is 8.36. The summed E-state index contributed by atoms with van der Waals surface area (Å²) in [5.74, 6) is 1.88. The molecule has 1 aliphatic rings. The number of aromatic nitrogens is 1. The van der Waals surface area contributed by atoms with Gasteiger partial charge in [0.15, 0.2) is 0 Å². The summed E-state index contributed by atoms with van der Waals surface area (Å²) in [5.41, 5.74) is 0. The van der Waals surface area contributed by atoms with Crippen molar-refractivity contribution >= 4 is 58.5 Å². The van der Waals surface area contributed by atoms with Gasteiger partial charge in [0, 0.05) is 19.2 Å². The van der Waals surface area contributed by atoms with Crippen molar-refractivity contribution < 1.29 is 4.79 Å². The molecule has 0 spiro atoms. The highest BCUT2D eigenvalue weighted by molar-refractivity contribution is 14.1. The average molecular weight is 369 g/mol. The number of hydrogen-bond acceptors (Lipinski definition) is 3. The Morgan fingerprint density at radius 2 is 2.44 bits per heavy atom. The summed E-state index contributed by atoms with van der Waals surface area (Å²) in [4.78, 5) is 17.7. The Labute approximate surface area is 118 Å². The van der Waals surface area contributed by atoms with Crippen LogP contribution in [0.25, 0.3) is 0 Å². The number of pyridine rings is 1. The quantitative estimate of drug-likeness (QED) is 0.643. The van der Waals surface area contributed by atoms with Crippen molar-refractivity contribution in [1.29, 1.82) is 0 Å². The molecule has 1 atom stereocenters. The zero-order valence-corrected chi connectivity index (χ0v) is 12.2. The number of nitrogens with zero attached hydrogens (tertiary/aromatic N) is 2. The molecule has 0 aromatic carbocycles. The van der Waals surface area contributed by atoms with E-state index in [1.54, 1.807) is 11.1 Å². The fraction of sp³-hybridized carbons (Fsp3) is 0.400. The van der Waals surface area contributed by atoms with Crippen LogP contribution >= 0.6 is 46.8 Å². The lowest BCUT2D eigenvalue weighted by Crippen LogP contribution is -2.26. The number of anilines is 1. The highest BCUT2D eigenvalue weighted by atomic mass is 127. The fourth-order valence-corrected chi connectivity index (χ4v) is 3.07. The van der Waals surface area contributed by atoms with Gasteiger partial charge in [-0.2, -0.15) is 12.6 Å². The molecule has 1 amide bonds. The van der Waals surface area contributed by atoms with E-state index < -0.39 is 0 Å². The second-order valence-corrected chi connectivity index (χ2v) is 5.68. The highest BCUT2D eigenvalue weighted by Crippen LogP contribution is 2.29. The van der Waals surface area contributed by atoms with Crippen molar-refractivity contribution in [3.63, 3.8) is 0 Å². The average Bonchev–Trinajstić information content (AvgIpc) is 2.60. The lowest BCUT2D eigenvalue weighted by Gasteiger charge is -2.16. The van der Waals surface area contributed by atoms with Crippen LogP contribution < -0.4 is 4.90 Å². The van der Waals surface area contributed by atoms with Gasteiger partial charge in [-0.1, -0.05) is 11.6 Å². The number of rotatable bonds is 2. The number of carbonyl (C=O) groups is 1. The van der Waals surface area contributed by atoms with Crippen molar-refractivity contribution in [2.75, 3.05) is 17.2 Å². The first-order valence-corrected chi connectivity index (χ1v) is 6.93. The van der Waals surface area contributed by atoms with E-state index in [0.717, 1.165) is 9.32 Å². The van der Waals surface area contributed by atoms with Crippen molar-refractivity contribution in [2.45, 2.75) is 6.42 Å².